The summed E-state index contributed by atoms with van der Waals surface area (Å²) in [5.41, 5.74) is 3.10. The Labute approximate surface area is 76.2 Å². The van der Waals surface area contributed by atoms with Crippen LogP contribution in [0.25, 0.3) is 0 Å². The number of halogens is 2. The van der Waals surface area contributed by atoms with Crippen LogP contribution in [-0.2, 0) is 9.53 Å². The van der Waals surface area contributed by atoms with Crippen molar-refractivity contribution < 1.29 is 18.3 Å². The number of rotatable bonds is 3. The summed E-state index contributed by atoms with van der Waals surface area (Å²) in [5, 5.41) is 0. The standard InChI is InChI=1S/C8H15F2NO2/c1-5(2)8(11,6(12)13-4)7(3,9)10/h5H,11H2,1-4H3. The van der Waals surface area contributed by atoms with Crippen molar-refractivity contribution in [2.75, 3.05) is 7.11 Å². The molecule has 2 N–H and O–H groups in total. The fourth-order valence-electron chi connectivity index (χ4n) is 1.09. The molecule has 5 heteroatoms. The number of carbonyl (C=O) groups excluding carboxylic acids is 1. The third kappa shape index (κ3) is 1.96. The molecule has 0 spiro atoms. The summed E-state index contributed by atoms with van der Waals surface area (Å²) in [6.07, 6.45) is 0. The summed E-state index contributed by atoms with van der Waals surface area (Å²) in [7, 11) is 1.04. The van der Waals surface area contributed by atoms with Crippen molar-refractivity contribution in [3.8, 4) is 0 Å². The zero-order chi connectivity index (χ0) is 10.9. The smallest absolute Gasteiger partial charge is 0.332 e. The minimum atomic E-state index is -3.30. The van der Waals surface area contributed by atoms with Crippen molar-refractivity contribution in [3.05, 3.63) is 0 Å². The van der Waals surface area contributed by atoms with Crippen LogP contribution in [0.4, 0.5) is 8.78 Å². The number of hydrogen-bond donors (Lipinski definition) is 1. The molecule has 0 heterocycles. The van der Waals surface area contributed by atoms with Crippen LogP contribution < -0.4 is 5.73 Å². The lowest BCUT2D eigenvalue weighted by molar-refractivity contribution is -0.167. The Morgan fingerprint density at radius 3 is 1.92 bits per heavy atom. The first-order chi connectivity index (χ1) is 5.67. The van der Waals surface area contributed by atoms with Gasteiger partial charge in [-0.15, -0.1) is 0 Å². The molecule has 78 valence electrons. The molecule has 0 bridgehead atoms. The van der Waals surface area contributed by atoms with E-state index in [2.05, 4.69) is 4.74 Å². The molecule has 0 saturated heterocycles. The molecule has 0 aromatic heterocycles. The highest BCUT2D eigenvalue weighted by Crippen LogP contribution is 2.33. The Hall–Kier alpha value is -0.710. The van der Waals surface area contributed by atoms with Crippen LogP contribution in [0.15, 0.2) is 0 Å². The Morgan fingerprint density at radius 1 is 1.46 bits per heavy atom. The lowest BCUT2D eigenvalue weighted by atomic mass is 9.82. The van der Waals surface area contributed by atoms with E-state index in [1.807, 2.05) is 0 Å². The average Bonchev–Trinajstić information content (AvgIpc) is 1.98. The summed E-state index contributed by atoms with van der Waals surface area (Å²) < 4.78 is 30.3. The van der Waals surface area contributed by atoms with Gasteiger partial charge in [0.1, 0.15) is 0 Å². The Kier molecular flexibility index (Phi) is 3.38. The van der Waals surface area contributed by atoms with Crippen molar-refractivity contribution >= 4 is 5.97 Å². The van der Waals surface area contributed by atoms with Crippen molar-refractivity contribution in [2.24, 2.45) is 11.7 Å². The van der Waals surface area contributed by atoms with Gasteiger partial charge in [0.25, 0.3) is 5.92 Å². The summed E-state index contributed by atoms with van der Waals surface area (Å²) in [6, 6.07) is 0. The van der Waals surface area contributed by atoms with E-state index in [1.165, 1.54) is 13.8 Å². The van der Waals surface area contributed by atoms with Crippen LogP contribution in [0.3, 0.4) is 0 Å². The molecule has 0 aliphatic heterocycles. The average molecular weight is 195 g/mol. The molecular formula is C8H15F2NO2. The predicted octanol–water partition coefficient (Wildman–Crippen LogP) is 1.17. The second-order valence-corrected chi connectivity index (χ2v) is 3.40. The van der Waals surface area contributed by atoms with Gasteiger partial charge < -0.3 is 10.5 Å². The van der Waals surface area contributed by atoms with E-state index in [1.54, 1.807) is 0 Å². The zero-order valence-corrected chi connectivity index (χ0v) is 8.23. The largest absolute Gasteiger partial charge is 0.467 e. The third-order valence-corrected chi connectivity index (χ3v) is 2.16. The molecule has 0 aliphatic carbocycles. The van der Waals surface area contributed by atoms with Crippen LogP contribution in [0, 0.1) is 5.92 Å². The molecule has 3 nitrogen and oxygen atoms in total. The molecule has 1 atom stereocenters. The van der Waals surface area contributed by atoms with E-state index in [4.69, 9.17) is 5.73 Å². The quantitative estimate of drug-likeness (QED) is 0.688. The first-order valence-corrected chi connectivity index (χ1v) is 3.93. The normalized spacial score (nSPS) is 16.9. The molecule has 0 radical (unpaired) electrons. The van der Waals surface area contributed by atoms with Crippen molar-refractivity contribution in [1.29, 1.82) is 0 Å². The van der Waals surface area contributed by atoms with Crippen LogP contribution >= 0.6 is 0 Å². The van der Waals surface area contributed by atoms with Crippen LogP contribution in [0.5, 0.6) is 0 Å². The Morgan fingerprint density at radius 2 is 1.85 bits per heavy atom. The highest BCUT2D eigenvalue weighted by Gasteiger charge is 2.56. The number of carbonyl (C=O) groups is 1. The topological polar surface area (TPSA) is 52.3 Å². The second kappa shape index (κ2) is 3.57. The van der Waals surface area contributed by atoms with Gasteiger partial charge in [-0.05, 0) is 5.92 Å². The lowest BCUT2D eigenvalue weighted by Crippen LogP contribution is -2.64. The van der Waals surface area contributed by atoms with Crippen molar-refractivity contribution in [1.82, 2.24) is 0 Å². The fraction of sp³-hybridized carbons (Fsp3) is 0.875. The van der Waals surface area contributed by atoms with Gasteiger partial charge in [0.05, 0.1) is 7.11 Å². The van der Waals surface area contributed by atoms with E-state index in [0.717, 1.165) is 7.11 Å². The molecule has 0 aromatic carbocycles. The SMILES string of the molecule is COC(=O)C(N)(C(C)C)C(C)(F)F. The lowest BCUT2D eigenvalue weighted by Gasteiger charge is -2.35. The Bertz CT molecular complexity index is 201. The summed E-state index contributed by atoms with van der Waals surface area (Å²) in [6.45, 7) is 3.52. The van der Waals surface area contributed by atoms with E-state index in [-0.39, 0.29) is 0 Å². The second-order valence-electron chi connectivity index (χ2n) is 3.40. The molecule has 0 aliphatic rings. The molecule has 0 fully saturated rings. The van der Waals surface area contributed by atoms with Gasteiger partial charge in [-0.3, -0.25) is 0 Å². The fourth-order valence-corrected chi connectivity index (χ4v) is 1.09. The molecule has 0 amide bonds. The van der Waals surface area contributed by atoms with E-state index >= 15 is 0 Å². The molecule has 1 unspecified atom stereocenters. The Balaban J connectivity index is 5.08. The maximum atomic E-state index is 13.0. The monoisotopic (exact) mass is 195 g/mol. The van der Waals surface area contributed by atoms with Crippen LogP contribution in [0.2, 0.25) is 0 Å². The van der Waals surface area contributed by atoms with Gasteiger partial charge in [0.15, 0.2) is 5.54 Å². The van der Waals surface area contributed by atoms with Gasteiger partial charge in [0.2, 0.25) is 0 Å². The summed E-state index contributed by atoms with van der Waals surface area (Å²) in [5.74, 6) is -5.08. The number of hydrogen-bond acceptors (Lipinski definition) is 3. The van der Waals surface area contributed by atoms with Gasteiger partial charge in [-0.25, -0.2) is 13.6 Å². The first kappa shape index (κ1) is 12.3. The van der Waals surface area contributed by atoms with Gasteiger partial charge >= 0.3 is 5.97 Å². The number of alkyl halides is 2. The van der Waals surface area contributed by atoms with Gasteiger partial charge in [-0.1, -0.05) is 13.8 Å². The summed E-state index contributed by atoms with van der Waals surface area (Å²) >= 11 is 0. The highest BCUT2D eigenvalue weighted by molar-refractivity contribution is 5.82. The third-order valence-electron chi connectivity index (χ3n) is 2.16. The number of nitrogens with two attached hydrogens (primary N) is 1. The molecular weight excluding hydrogens is 180 g/mol. The van der Waals surface area contributed by atoms with E-state index in [0.29, 0.717) is 6.92 Å². The summed E-state index contributed by atoms with van der Waals surface area (Å²) in [4.78, 5) is 11.1. The number of esters is 1. The highest BCUT2D eigenvalue weighted by atomic mass is 19.3. The molecule has 0 aromatic rings. The molecule has 13 heavy (non-hydrogen) atoms. The van der Waals surface area contributed by atoms with Gasteiger partial charge in [0, 0.05) is 6.92 Å². The van der Waals surface area contributed by atoms with Gasteiger partial charge in [-0.2, -0.15) is 0 Å². The van der Waals surface area contributed by atoms with E-state index < -0.39 is 23.3 Å². The first-order valence-electron chi connectivity index (χ1n) is 3.93. The predicted molar refractivity (Wildman–Crippen MR) is 44.4 cm³/mol. The number of methoxy groups -OCH3 is 1. The molecule has 0 saturated carbocycles. The van der Waals surface area contributed by atoms with Crippen LogP contribution in [0.1, 0.15) is 20.8 Å². The van der Waals surface area contributed by atoms with E-state index in [9.17, 15) is 13.6 Å². The minimum absolute atomic E-state index is 0.615. The van der Waals surface area contributed by atoms with Crippen molar-refractivity contribution in [3.63, 3.8) is 0 Å². The van der Waals surface area contributed by atoms with Crippen molar-refractivity contribution in [2.45, 2.75) is 32.2 Å². The zero-order valence-electron chi connectivity index (χ0n) is 8.23. The number of ether oxygens (including phenoxy) is 1. The minimum Gasteiger partial charge on any atom is -0.467 e. The maximum Gasteiger partial charge on any atom is 0.332 e. The van der Waals surface area contributed by atoms with Crippen LogP contribution in [-0.4, -0.2) is 24.5 Å². The molecule has 0 rings (SSSR count). The maximum absolute atomic E-state index is 13.0.